The van der Waals surface area contributed by atoms with Crippen molar-refractivity contribution < 1.29 is 56.3 Å². The number of anilines is 1. The standard InChI is InChI=1S/C9H8FN3.4C7H8O3S/c10-7-3-1-2-4-8(7)13-6-5-9(11)12-13;4*1-6-2-4-7(5-3-6)11(8,9)10/h1-6H,(H2,11,12);4*2-5H,1H3,(H,8,9,10). The Morgan fingerprint density at radius 1 is 0.456 bits per heavy atom. The normalized spacial score (nSPS) is 11.2. The van der Waals surface area contributed by atoms with E-state index in [4.69, 9.17) is 23.9 Å². The van der Waals surface area contributed by atoms with Crippen LogP contribution in [0.3, 0.4) is 0 Å². The largest absolute Gasteiger partial charge is 0.382 e. The highest BCUT2D eigenvalue weighted by Crippen LogP contribution is 2.13. The van der Waals surface area contributed by atoms with Gasteiger partial charge in [0.25, 0.3) is 40.5 Å². The second-order valence-electron chi connectivity index (χ2n) is 11.8. The molecule has 0 bridgehead atoms. The molecule has 20 heteroatoms. The molecule has 0 aliphatic rings. The van der Waals surface area contributed by atoms with Gasteiger partial charge in [-0.2, -0.15) is 38.8 Å². The number of hydrogen-bond donors (Lipinski definition) is 5. The van der Waals surface area contributed by atoms with Crippen molar-refractivity contribution in [3.05, 3.63) is 162 Å². The third-order valence-corrected chi connectivity index (χ3v) is 10.5. The summed E-state index contributed by atoms with van der Waals surface area (Å²) >= 11 is 0. The van der Waals surface area contributed by atoms with E-state index in [9.17, 15) is 38.1 Å². The number of nitrogens with two attached hydrogens (primary N) is 1. The van der Waals surface area contributed by atoms with Crippen molar-refractivity contribution in [2.45, 2.75) is 47.3 Å². The average Bonchev–Trinajstić information content (AvgIpc) is 3.54. The Morgan fingerprint density at radius 3 is 0.930 bits per heavy atom. The average molecular weight is 866 g/mol. The fourth-order valence-corrected chi connectivity index (χ4v) is 5.87. The summed E-state index contributed by atoms with van der Waals surface area (Å²) in [7, 11) is -16.1. The molecule has 0 saturated carbocycles. The first-order valence-corrected chi connectivity index (χ1v) is 21.8. The molecule has 1 aromatic heterocycles. The molecule has 15 nitrogen and oxygen atoms in total. The highest BCUT2D eigenvalue weighted by molar-refractivity contribution is 7.86. The summed E-state index contributed by atoms with van der Waals surface area (Å²) in [6, 6.07) is 32.0. The van der Waals surface area contributed by atoms with Crippen LogP contribution < -0.4 is 5.73 Å². The van der Waals surface area contributed by atoms with Crippen LogP contribution in [0.1, 0.15) is 22.3 Å². The van der Waals surface area contributed by atoms with Crippen LogP contribution in [0.5, 0.6) is 0 Å². The second kappa shape index (κ2) is 20.7. The van der Waals surface area contributed by atoms with Gasteiger partial charge in [-0.05, 0) is 88.4 Å². The molecule has 306 valence electrons. The number of nitrogen functional groups attached to an aromatic ring is 1. The zero-order valence-corrected chi connectivity index (χ0v) is 34.0. The summed E-state index contributed by atoms with van der Waals surface area (Å²) < 4.78 is 133. The van der Waals surface area contributed by atoms with E-state index in [1.807, 2.05) is 27.7 Å². The van der Waals surface area contributed by atoms with Gasteiger partial charge in [-0.3, -0.25) is 18.2 Å². The quantitative estimate of drug-likeness (QED) is 0.115. The minimum Gasteiger partial charge on any atom is -0.382 e. The highest BCUT2D eigenvalue weighted by Gasteiger charge is 2.09. The molecule has 0 fully saturated rings. The van der Waals surface area contributed by atoms with Crippen molar-refractivity contribution in [2.75, 3.05) is 5.73 Å². The molecular weight excluding hydrogens is 826 g/mol. The van der Waals surface area contributed by atoms with Gasteiger partial charge in [-0.1, -0.05) is 82.9 Å². The molecule has 0 amide bonds. The predicted octanol–water partition coefficient (Wildman–Crippen LogP) is 6.56. The van der Waals surface area contributed by atoms with E-state index in [0.29, 0.717) is 11.5 Å². The Kier molecular flexibility index (Phi) is 17.4. The topological polar surface area (TPSA) is 261 Å². The minimum atomic E-state index is -4.02. The Morgan fingerprint density at radius 2 is 0.719 bits per heavy atom. The minimum absolute atomic E-state index is 0.0666. The lowest BCUT2D eigenvalue weighted by Crippen LogP contribution is -1.98. The van der Waals surface area contributed by atoms with Crippen LogP contribution in [0.2, 0.25) is 0 Å². The molecule has 1 heterocycles. The van der Waals surface area contributed by atoms with E-state index in [0.717, 1.165) is 22.3 Å². The van der Waals surface area contributed by atoms with Gasteiger partial charge in [-0.15, -0.1) is 0 Å². The van der Waals surface area contributed by atoms with Crippen molar-refractivity contribution >= 4 is 46.3 Å². The summed E-state index contributed by atoms with van der Waals surface area (Å²) in [6.07, 6.45) is 1.62. The Balaban J connectivity index is 0.000000246. The number of aromatic nitrogens is 2. The van der Waals surface area contributed by atoms with Crippen LogP contribution in [0.15, 0.2) is 153 Å². The van der Waals surface area contributed by atoms with Crippen molar-refractivity contribution in [2.24, 2.45) is 0 Å². The molecule has 0 radical (unpaired) electrons. The fraction of sp³-hybridized carbons (Fsp3) is 0.108. The lowest BCUT2D eigenvalue weighted by molar-refractivity contribution is 0.481. The molecule has 5 aromatic carbocycles. The van der Waals surface area contributed by atoms with Crippen molar-refractivity contribution in [3.8, 4) is 5.69 Å². The molecule has 0 saturated heterocycles. The van der Waals surface area contributed by atoms with E-state index >= 15 is 0 Å². The molecule has 6 aromatic rings. The molecule has 0 aliphatic heterocycles. The molecule has 0 aliphatic carbocycles. The molecule has 0 unspecified atom stereocenters. The van der Waals surface area contributed by atoms with Crippen LogP contribution >= 0.6 is 0 Å². The number of hydrogen-bond acceptors (Lipinski definition) is 10. The van der Waals surface area contributed by atoms with E-state index in [2.05, 4.69) is 5.10 Å². The number of rotatable bonds is 5. The van der Waals surface area contributed by atoms with Gasteiger partial charge in [0.1, 0.15) is 17.3 Å². The van der Waals surface area contributed by atoms with E-state index in [-0.39, 0.29) is 25.4 Å². The van der Waals surface area contributed by atoms with Crippen molar-refractivity contribution in [1.29, 1.82) is 0 Å². The van der Waals surface area contributed by atoms with Crippen LogP contribution in [-0.4, -0.2) is 61.7 Å². The summed E-state index contributed by atoms with van der Waals surface area (Å²) in [5.41, 5.74) is 9.64. The van der Waals surface area contributed by atoms with Gasteiger partial charge in [-0.25, -0.2) is 9.07 Å². The second-order valence-corrected chi connectivity index (χ2v) is 17.5. The molecule has 57 heavy (non-hydrogen) atoms. The Hall–Kier alpha value is -5.32. The molecule has 0 spiro atoms. The van der Waals surface area contributed by atoms with Crippen LogP contribution in [-0.2, 0) is 40.5 Å². The van der Waals surface area contributed by atoms with Gasteiger partial charge in [0.05, 0.1) is 19.6 Å². The van der Waals surface area contributed by atoms with Gasteiger partial charge in [0, 0.05) is 12.3 Å². The van der Waals surface area contributed by atoms with Crippen LogP contribution in [0.4, 0.5) is 10.2 Å². The van der Waals surface area contributed by atoms with Gasteiger partial charge < -0.3 is 5.73 Å². The SMILES string of the molecule is Cc1ccc(S(=O)(=O)O)cc1.Cc1ccc(S(=O)(=O)O)cc1.Cc1ccc(S(=O)(=O)O)cc1.Cc1ccc(S(=O)(=O)O)cc1.Nc1ccn(-c2ccccc2F)n1. The number of para-hydroxylation sites is 1. The van der Waals surface area contributed by atoms with Gasteiger partial charge in [0.15, 0.2) is 0 Å². The maximum Gasteiger partial charge on any atom is 0.294 e. The molecular formula is C37H40FN3O12S4. The van der Waals surface area contributed by atoms with Crippen molar-refractivity contribution in [3.63, 3.8) is 0 Å². The number of benzene rings is 5. The van der Waals surface area contributed by atoms with Crippen LogP contribution in [0.25, 0.3) is 5.69 Å². The number of nitrogens with zero attached hydrogens (tertiary/aromatic N) is 2. The summed E-state index contributed by atoms with van der Waals surface area (Å²) in [5.74, 6) is 0.0638. The molecule has 6 N–H and O–H groups in total. The molecule has 6 rings (SSSR count). The van der Waals surface area contributed by atoms with Gasteiger partial charge in [0.2, 0.25) is 0 Å². The van der Waals surface area contributed by atoms with Crippen molar-refractivity contribution in [1.82, 2.24) is 9.78 Å². The lowest BCUT2D eigenvalue weighted by atomic mass is 10.2. The van der Waals surface area contributed by atoms with Crippen LogP contribution in [0, 0.1) is 33.5 Å². The lowest BCUT2D eigenvalue weighted by Gasteiger charge is -2.00. The molecule has 0 atom stereocenters. The zero-order valence-electron chi connectivity index (χ0n) is 30.7. The van der Waals surface area contributed by atoms with E-state index in [1.54, 1.807) is 79.0 Å². The van der Waals surface area contributed by atoms with Gasteiger partial charge >= 0.3 is 0 Å². The predicted molar refractivity (Wildman–Crippen MR) is 212 cm³/mol. The van der Waals surface area contributed by atoms with E-state index in [1.165, 1.54) is 59.3 Å². The first kappa shape index (κ1) is 47.8. The Labute approximate surface area is 331 Å². The third-order valence-electron chi connectivity index (χ3n) is 6.98. The maximum absolute atomic E-state index is 13.2. The monoisotopic (exact) mass is 865 g/mol. The number of halogens is 1. The third kappa shape index (κ3) is 17.6. The zero-order chi connectivity index (χ0) is 43.2. The number of aryl methyl sites for hydroxylation is 4. The summed E-state index contributed by atoms with van der Waals surface area (Å²) in [4.78, 5) is -0.266. The first-order valence-electron chi connectivity index (χ1n) is 16.0. The maximum atomic E-state index is 13.2. The Bertz CT molecular complexity index is 2360. The highest BCUT2D eigenvalue weighted by atomic mass is 32.2. The summed E-state index contributed by atoms with van der Waals surface area (Å²) in [6.45, 7) is 7.36. The smallest absolute Gasteiger partial charge is 0.294 e. The first-order chi connectivity index (χ1) is 26.3. The fourth-order valence-electron chi connectivity index (χ4n) is 3.95. The summed E-state index contributed by atoms with van der Waals surface area (Å²) in [5, 5.41) is 3.90. The van der Waals surface area contributed by atoms with E-state index < -0.39 is 40.5 Å².